The van der Waals surface area contributed by atoms with Crippen LogP contribution in [0.3, 0.4) is 0 Å². The van der Waals surface area contributed by atoms with Gasteiger partial charge in [0.1, 0.15) is 11.5 Å². The van der Waals surface area contributed by atoms with Crippen LogP contribution in [-0.2, 0) is 5.41 Å². The van der Waals surface area contributed by atoms with Gasteiger partial charge in [0.25, 0.3) is 0 Å². The van der Waals surface area contributed by atoms with E-state index in [-0.39, 0.29) is 17.4 Å². The zero-order valence-corrected chi connectivity index (χ0v) is 14.8. The molecule has 1 spiro atoms. The van der Waals surface area contributed by atoms with Gasteiger partial charge in [0.2, 0.25) is 0 Å². The van der Waals surface area contributed by atoms with Crippen molar-refractivity contribution >= 4 is 5.97 Å². The second kappa shape index (κ2) is 5.50. The Hall–Kier alpha value is -2.49. The summed E-state index contributed by atoms with van der Waals surface area (Å²) in [6.07, 6.45) is 4.23. The summed E-state index contributed by atoms with van der Waals surface area (Å²) in [6, 6.07) is 11.5. The van der Waals surface area contributed by atoms with Crippen LogP contribution in [0.1, 0.15) is 58.6 Å². The highest BCUT2D eigenvalue weighted by Crippen LogP contribution is 2.59. The number of hydrogen-bond acceptors (Lipinski definition) is 3. The number of carbonyl (C=O) groups is 1. The molecule has 0 bridgehead atoms. The SMILES string of the molecule is Cc1ccc(OC2CC(c3ccccc3C(=O)O)C2)c2c1OCC21CC1. The highest BCUT2D eigenvalue weighted by atomic mass is 16.5. The molecular weight excluding hydrogens is 328 g/mol. The van der Waals surface area contributed by atoms with Crippen LogP contribution in [0, 0.1) is 6.92 Å². The molecule has 4 heteroatoms. The van der Waals surface area contributed by atoms with Crippen LogP contribution >= 0.6 is 0 Å². The molecule has 4 nitrogen and oxygen atoms in total. The molecule has 2 aromatic rings. The Morgan fingerprint density at radius 3 is 2.69 bits per heavy atom. The summed E-state index contributed by atoms with van der Waals surface area (Å²) in [5.74, 6) is 1.40. The molecule has 1 heterocycles. The number of hydrogen-bond donors (Lipinski definition) is 1. The molecule has 1 aliphatic heterocycles. The summed E-state index contributed by atoms with van der Waals surface area (Å²) in [4.78, 5) is 11.4. The Balaban J connectivity index is 1.34. The first-order valence-electron chi connectivity index (χ1n) is 9.33. The van der Waals surface area contributed by atoms with E-state index in [0.717, 1.165) is 36.5 Å². The summed E-state index contributed by atoms with van der Waals surface area (Å²) in [6.45, 7) is 2.87. The first kappa shape index (κ1) is 15.7. The van der Waals surface area contributed by atoms with E-state index in [1.54, 1.807) is 12.1 Å². The highest BCUT2D eigenvalue weighted by molar-refractivity contribution is 5.89. The van der Waals surface area contributed by atoms with Crippen LogP contribution in [0.25, 0.3) is 0 Å². The lowest BCUT2D eigenvalue weighted by molar-refractivity contribution is 0.0684. The van der Waals surface area contributed by atoms with Gasteiger partial charge >= 0.3 is 5.97 Å². The zero-order valence-electron chi connectivity index (χ0n) is 14.8. The van der Waals surface area contributed by atoms with E-state index in [9.17, 15) is 9.90 Å². The molecular formula is C22H22O4. The second-order valence-corrected chi connectivity index (χ2v) is 7.95. The lowest BCUT2D eigenvalue weighted by atomic mass is 9.76. The Morgan fingerprint density at radius 2 is 1.96 bits per heavy atom. The molecule has 2 saturated carbocycles. The summed E-state index contributed by atoms with van der Waals surface area (Å²) < 4.78 is 12.3. The van der Waals surface area contributed by atoms with Crippen molar-refractivity contribution in [3.8, 4) is 11.5 Å². The third-order valence-corrected chi connectivity index (χ3v) is 6.21. The number of fused-ring (bicyclic) bond motifs is 2. The molecule has 134 valence electrons. The molecule has 5 rings (SSSR count). The van der Waals surface area contributed by atoms with Gasteiger partial charge in [-0.3, -0.25) is 0 Å². The molecule has 0 atom stereocenters. The fourth-order valence-electron chi connectivity index (χ4n) is 4.43. The molecule has 0 radical (unpaired) electrons. The Kier molecular flexibility index (Phi) is 3.33. The third kappa shape index (κ3) is 2.32. The first-order valence-corrected chi connectivity index (χ1v) is 9.33. The lowest BCUT2D eigenvalue weighted by Crippen LogP contribution is -2.33. The number of ether oxygens (including phenoxy) is 2. The topological polar surface area (TPSA) is 55.8 Å². The van der Waals surface area contributed by atoms with E-state index < -0.39 is 5.97 Å². The van der Waals surface area contributed by atoms with E-state index in [4.69, 9.17) is 9.47 Å². The Bertz CT molecular complexity index is 891. The highest BCUT2D eigenvalue weighted by Gasteiger charge is 2.53. The molecule has 0 saturated heterocycles. The standard InChI is InChI=1S/C22H22O4/c1-13-6-7-18(19-20(13)25-12-22(19)8-9-22)26-15-10-14(11-15)16-4-2-3-5-17(16)21(23)24/h2-7,14-15H,8-12H2,1H3,(H,23,24). The van der Waals surface area contributed by atoms with Crippen LogP contribution in [0.4, 0.5) is 0 Å². The lowest BCUT2D eigenvalue weighted by Gasteiger charge is -2.37. The maximum atomic E-state index is 11.4. The van der Waals surface area contributed by atoms with Crippen molar-refractivity contribution in [2.24, 2.45) is 0 Å². The van der Waals surface area contributed by atoms with Gasteiger partial charge in [0.15, 0.2) is 0 Å². The van der Waals surface area contributed by atoms with Crippen molar-refractivity contribution in [2.75, 3.05) is 6.61 Å². The van der Waals surface area contributed by atoms with Crippen molar-refractivity contribution in [3.63, 3.8) is 0 Å². The van der Waals surface area contributed by atoms with Crippen LogP contribution in [0.15, 0.2) is 36.4 Å². The zero-order chi connectivity index (χ0) is 17.9. The van der Waals surface area contributed by atoms with Crippen LogP contribution in [-0.4, -0.2) is 23.8 Å². The van der Waals surface area contributed by atoms with Gasteiger partial charge in [0, 0.05) is 11.0 Å². The molecule has 2 aliphatic carbocycles. The molecule has 0 aromatic heterocycles. The Labute approximate surface area is 152 Å². The Morgan fingerprint density at radius 1 is 1.19 bits per heavy atom. The van der Waals surface area contributed by atoms with Crippen LogP contribution in [0.5, 0.6) is 11.5 Å². The van der Waals surface area contributed by atoms with Gasteiger partial charge in [-0.2, -0.15) is 0 Å². The predicted octanol–water partition coefficient (Wildman–Crippen LogP) is 4.44. The summed E-state index contributed by atoms with van der Waals surface area (Å²) in [7, 11) is 0. The number of rotatable bonds is 4. The van der Waals surface area contributed by atoms with Crippen molar-refractivity contribution in [1.82, 2.24) is 0 Å². The van der Waals surface area contributed by atoms with Crippen molar-refractivity contribution in [2.45, 2.75) is 50.0 Å². The summed E-state index contributed by atoms with van der Waals surface area (Å²) in [5.41, 5.74) is 3.98. The molecule has 26 heavy (non-hydrogen) atoms. The minimum absolute atomic E-state index is 0.144. The van der Waals surface area contributed by atoms with Gasteiger partial charge in [-0.15, -0.1) is 0 Å². The first-order chi connectivity index (χ1) is 12.6. The van der Waals surface area contributed by atoms with Gasteiger partial charge in [-0.05, 0) is 61.8 Å². The van der Waals surface area contributed by atoms with E-state index >= 15 is 0 Å². The van der Waals surface area contributed by atoms with Gasteiger partial charge in [0.05, 0.1) is 18.3 Å². The van der Waals surface area contributed by atoms with Crippen molar-refractivity contribution < 1.29 is 19.4 Å². The molecule has 3 aliphatic rings. The fraction of sp³-hybridized carbons (Fsp3) is 0.409. The maximum absolute atomic E-state index is 11.4. The van der Waals surface area contributed by atoms with Crippen molar-refractivity contribution in [1.29, 1.82) is 0 Å². The number of benzene rings is 2. The number of carboxylic acid groups (broad SMARTS) is 1. The van der Waals surface area contributed by atoms with E-state index in [2.05, 4.69) is 19.1 Å². The molecule has 0 unspecified atom stereocenters. The molecule has 0 amide bonds. The number of aromatic carboxylic acids is 1. The van der Waals surface area contributed by atoms with Gasteiger partial charge in [-0.1, -0.05) is 24.3 Å². The second-order valence-electron chi connectivity index (χ2n) is 7.95. The van der Waals surface area contributed by atoms with Gasteiger partial charge in [-0.25, -0.2) is 4.79 Å². The summed E-state index contributed by atoms with van der Waals surface area (Å²) >= 11 is 0. The average molecular weight is 350 g/mol. The van der Waals surface area contributed by atoms with Crippen molar-refractivity contribution in [3.05, 3.63) is 58.7 Å². The molecule has 1 N–H and O–H groups in total. The average Bonchev–Trinajstić information content (AvgIpc) is 3.27. The number of aryl methyl sites for hydroxylation is 1. The smallest absolute Gasteiger partial charge is 0.335 e. The van der Waals surface area contributed by atoms with E-state index in [1.807, 2.05) is 12.1 Å². The summed E-state index contributed by atoms with van der Waals surface area (Å²) in [5, 5.41) is 9.39. The van der Waals surface area contributed by atoms with E-state index in [1.165, 1.54) is 24.0 Å². The monoisotopic (exact) mass is 350 g/mol. The van der Waals surface area contributed by atoms with Gasteiger partial charge < -0.3 is 14.6 Å². The van der Waals surface area contributed by atoms with E-state index in [0.29, 0.717) is 5.56 Å². The maximum Gasteiger partial charge on any atom is 0.335 e. The minimum atomic E-state index is -0.853. The van der Waals surface area contributed by atoms with Crippen LogP contribution in [0.2, 0.25) is 0 Å². The van der Waals surface area contributed by atoms with Crippen LogP contribution < -0.4 is 9.47 Å². The molecule has 2 fully saturated rings. The predicted molar refractivity (Wildman–Crippen MR) is 97.4 cm³/mol. The largest absolute Gasteiger partial charge is 0.492 e. The quantitative estimate of drug-likeness (QED) is 0.885. The normalized spacial score (nSPS) is 24.5. The minimum Gasteiger partial charge on any atom is -0.492 e. The fourth-order valence-corrected chi connectivity index (χ4v) is 4.43. The third-order valence-electron chi connectivity index (χ3n) is 6.21. The number of carboxylic acids is 1. The molecule has 2 aromatic carbocycles.